The average molecular weight is 295 g/mol. The Morgan fingerprint density at radius 1 is 1.25 bits per heavy atom. The van der Waals surface area contributed by atoms with Crippen LogP contribution in [0.2, 0.25) is 0 Å². The van der Waals surface area contributed by atoms with E-state index < -0.39 is 30.7 Å². The number of carbonyl (C=O) groups is 1. The monoisotopic (exact) mass is 295 g/mol. The van der Waals surface area contributed by atoms with Crippen molar-refractivity contribution in [3.8, 4) is 5.75 Å². The normalized spacial score (nSPS) is 18.4. The third-order valence-corrected chi connectivity index (χ3v) is 2.85. The summed E-state index contributed by atoms with van der Waals surface area (Å²) < 4.78 is 66.6. The minimum Gasteiger partial charge on any atom is -0.488 e. The number of benzene rings is 1. The molecular weight excluding hydrogens is 285 g/mol. The van der Waals surface area contributed by atoms with E-state index in [4.69, 9.17) is 4.74 Å². The van der Waals surface area contributed by atoms with Gasteiger partial charge in [0.1, 0.15) is 11.9 Å². The molecule has 8 heteroatoms. The fourth-order valence-electron chi connectivity index (χ4n) is 1.81. The Hall–Kier alpha value is -1.86. The molecule has 1 atom stereocenters. The molecule has 1 N–H and O–H groups in total. The van der Waals surface area contributed by atoms with E-state index in [0.717, 1.165) is 5.56 Å². The Balaban J connectivity index is 1.90. The second kappa shape index (κ2) is 4.92. The Morgan fingerprint density at radius 3 is 2.50 bits per heavy atom. The Bertz CT molecular complexity index is 490. The first kappa shape index (κ1) is 14.5. The smallest absolute Gasteiger partial charge is 0.463 e. The van der Waals surface area contributed by atoms with Gasteiger partial charge in [-0.25, -0.2) is 0 Å². The predicted octanol–water partition coefficient (Wildman–Crippen LogP) is 2.30. The lowest BCUT2D eigenvalue weighted by atomic mass is 10.1. The Kier molecular flexibility index (Phi) is 3.58. The molecule has 1 aliphatic heterocycles. The molecule has 0 bridgehead atoms. The van der Waals surface area contributed by atoms with Gasteiger partial charge in [-0.15, -0.1) is 0 Å². The SMILES string of the molecule is O=C(NCC1Cc2ccccc2O1)C(F)(F)C(F)(F)F. The van der Waals surface area contributed by atoms with Crippen molar-refractivity contribution in [2.75, 3.05) is 6.54 Å². The highest BCUT2D eigenvalue weighted by atomic mass is 19.4. The summed E-state index contributed by atoms with van der Waals surface area (Å²) in [5.41, 5.74) is 0.814. The summed E-state index contributed by atoms with van der Waals surface area (Å²) >= 11 is 0. The van der Waals surface area contributed by atoms with Crippen molar-refractivity contribution in [2.24, 2.45) is 0 Å². The maximum Gasteiger partial charge on any atom is 0.463 e. The van der Waals surface area contributed by atoms with E-state index in [9.17, 15) is 26.7 Å². The van der Waals surface area contributed by atoms with Crippen LogP contribution in [-0.4, -0.2) is 30.7 Å². The Labute approximate surface area is 110 Å². The van der Waals surface area contributed by atoms with Gasteiger partial charge in [0, 0.05) is 6.42 Å². The minimum atomic E-state index is -5.91. The third-order valence-electron chi connectivity index (χ3n) is 2.85. The molecule has 0 saturated carbocycles. The molecule has 1 heterocycles. The zero-order valence-corrected chi connectivity index (χ0v) is 10.0. The van der Waals surface area contributed by atoms with Crippen molar-refractivity contribution in [1.29, 1.82) is 0 Å². The molecule has 0 aliphatic carbocycles. The maximum atomic E-state index is 12.7. The number of ether oxygens (including phenoxy) is 1. The van der Waals surface area contributed by atoms with Gasteiger partial charge >= 0.3 is 12.1 Å². The molecule has 0 fully saturated rings. The molecule has 3 nitrogen and oxygen atoms in total. The van der Waals surface area contributed by atoms with Gasteiger partial charge in [0.15, 0.2) is 0 Å². The molecule has 2 rings (SSSR count). The molecule has 110 valence electrons. The van der Waals surface area contributed by atoms with Crippen molar-refractivity contribution < 1.29 is 31.5 Å². The van der Waals surface area contributed by atoms with E-state index in [-0.39, 0.29) is 0 Å². The number of rotatable bonds is 3. The highest BCUT2D eigenvalue weighted by molar-refractivity contribution is 5.84. The minimum absolute atomic E-state index is 0.341. The zero-order chi connectivity index (χ0) is 15.0. The lowest BCUT2D eigenvalue weighted by molar-refractivity contribution is -0.269. The van der Waals surface area contributed by atoms with Crippen molar-refractivity contribution in [1.82, 2.24) is 5.32 Å². The molecule has 20 heavy (non-hydrogen) atoms. The molecule has 1 aromatic carbocycles. The van der Waals surface area contributed by atoms with Crippen LogP contribution in [0.15, 0.2) is 24.3 Å². The van der Waals surface area contributed by atoms with Gasteiger partial charge in [0.05, 0.1) is 6.54 Å². The number of hydrogen-bond donors (Lipinski definition) is 1. The fourth-order valence-corrected chi connectivity index (χ4v) is 1.81. The zero-order valence-electron chi connectivity index (χ0n) is 10.0. The van der Waals surface area contributed by atoms with Crippen LogP contribution in [0.3, 0.4) is 0 Å². The predicted molar refractivity (Wildman–Crippen MR) is 58.6 cm³/mol. The van der Waals surface area contributed by atoms with Crippen LogP contribution in [0.1, 0.15) is 5.56 Å². The van der Waals surface area contributed by atoms with Crippen LogP contribution in [0.4, 0.5) is 22.0 Å². The molecule has 0 saturated heterocycles. The van der Waals surface area contributed by atoms with Crippen LogP contribution in [0, 0.1) is 0 Å². The summed E-state index contributed by atoms with van der Waals surface area (Å²) in [6.45, 7) is -0.417. The molecule has 1 amide bonds. The maximum absolute atomic E-state index is 12.7. The van der Waals surface area contributed by atoms with Crippen LogP contribution in [0.5, 0.6) is 5.75 Å². The van der Waals surface area contributed by atoms with E-state index in [2.05, 4.69) is 0 Å². The largest absolute Gasteiger partial charge is 0.488 e. The van der Waals surface area contributed by atoms with Gasteiger partial charge in [-0.3, -0.25) is 4.79 Å². The highest BCUT2D eigenvalue weighted by Gasteiger charge is 2.63. The lowest BCUT2D eigenvalue weighted by Crippen LogP contribution is -2.52. The van der Waals surface area contributed by atoms with E-state index in [1.54, 1.807) is 29.6 Å². The molecule has 1 aliphatic rings. The van der Waals surface area contributed by atoms with Crippen molar-refractivity contribution in [2.45, 2.75) is 24.6 Å². The van der Waals surface area contributed by atoms with Crippen molar-refractivity contribution in [3.63, 3.8) is 0 Å². The standard InChI is InChI=1S/C12H10F5NO2/c13-11(14,12(15,16)17)10(19)18-6-8-5-7-3-1-2-4-9(7)20-8/h1-4,8H,5-6H2,(H,18,19). The molecule has 0 aromatic heterocycles. The van der Waals surface area contributed by atoms with Crippen molar-refractivity contribution >= 4 is 5.91 Å². The van der Waals surface area contributed by atoms with Crippen LogP contribution in [-0.2, 0) is 11.2 Å². The summed E-state index contributed by atoms with van der Waals surface area (Å²) in [7, 11) is 0. The number of para-hydroxylation sites is 1. The number of amides is 1. The number of halogens is 5. The summed E-state index contributed by atoms with van der Waals surface area (Å²) in [6.07, 6.45) is -6.22. The van der Waals surface area contributed by atoms with E-state index >= 15 is 0 Å². The molecule has 1 aromatic rings. The van der Waals surface area contributed by atoms with Gasteiger partial charge in [-0.2, -0.15) is 22.0 Å². The third kappa shape index (κ3) is 2.68. The number of carbonyl (C=O) groups excluding carboxylic acids is 1. The van der Waals surface area contributed by atoms with Crippen LogP contribution in [0.25, 0.3) is 0 Å². The number of alkyl halides is 5. The first-order valence-electron chi connectivity index (χ1n) is 5.69. The van der Waals surface area contributed by atoms with Crippen LogP contribution >= 0.6 is 0 Å². The highest BCUT2D eigenvalue weighted by Crippen LogP contribution is 2.35. The summed E-state index contributed by atoms with van der Waals surface area (Å²) in [6, 6.07) is 6.86. The van der Waals surface area contributed by atoms with Gasteiger partial charge in [0.25, 0.3) is 5.91 Å². The fraction of sp³-hybridized carbons (Fsp3) is 0.417. The van der Waals surface area contributed by atoms with Crippen molar-refractivity contribution in [3.05, 3.63) is 29.8 Å². The molecule has 0 radical (unpaired) electrons. The van der Waals surface area contributed by atoms with Gasteiger partial charge in [-0.1, -0.05) is 18.2 Å². The second-order valence-electron chi connectivity index (χ2n) is 4.33. The second-order valence-corrected chi connectivity index (χ2v) is 4.33. The van der Waals surface area contributed by atoms with E-state index in [1.807, 2.05) is 0 Å². The first-order valence-corrected chi connectivity index (χ1v) is 5.69. The Morgan fingerprint density at radius 2 is 1.90 bits per heavy atom. The topological polar surface area (TPSA) is 38.3 Å². The molecule has 0 spiro atoms. The van der Waals surface area contributed by atoms with Gasteiger partial charge in [-0.05, 0) is 11.6 Å². The summed E-state index contributed by atoms with van der Waals surface area (Å²) in [5.74, 6) is -7.24. The number of nitrogens with one attached hydrogen (secondary N) is 1. The quantitative estimate of drug-likeness (QED) is 0.869. The number of fused-ring (bicyclic) bond motifs is 1. The summed E-state index contributed by atoms with van der Waals surface area (Å²) in [5, 5.41) is 1.57. The average Bonchev–Trinajstić information content (AvgIpc) is 2.77. The van der Waals surface area contributed by atoms with Crippen LogP contribution < -0.4 is 10.1 Å². The number of hydrogen-bond acceptors (Lipinski definition) is 2. The molecule has 1 unspecified atom stereocenters. The summed E-state index contributed by atoms with van der Waals surface area (Å²) in [4.78, 5) is 10.9. The van der Waals surface area contributed by atoms with Gasteiger partial charge in [0.2, 0.25) is 0 Å². The van der Waals surface area contributed by atoms with Gasteiger partial charge < -0.3 is 10.1 Å². The van der Waals surface area contributed by atoms with E-state index in [1.165, 1.54) is 0 Å². The van der Waals surface area contributed by atoms with E-state index in [0.29, 0.717) is 12.2 Å². The molecular formula is C12H10F5NO2. The lowest BCUT2D eigenvalue weighted by Gasteiger charge is -2.19. The first-order chi connectivity index (χ1) is 9.22.